The Hall–Kier alpha value is 0.272. The van der Waals surface area contributed by atoms with Crippen LogP contribution in [0.15, 0.2) is 11.1 Å². The molecule has 13 heavy (non-hydrogen) atoms. The number of hydrogen-bond donors (Lipinski definition) is 0. The van der Waals surface area contributed by atoms with Gasteiger partial charge >= 0.3 is 17.4 Å². The van der Waals surface area contributed by atoms with Crippen LogP contribution in [0.2, 0.25) is 0 Å². The summed E-state index contributed by atoms with van der Waals surface area (Å²) in [5.41, 5.74) is 3.25. The molecular weight excluding hydrogens is 171 g/mol. The summed E-state index contributed by atoms with van der Waals surface area (Å²) in [4.78, 5) is 0. The molecule has 2 unspecified atom stereocenters. The zero-order valence-electron chi connectivity index (χ0n) is 10.3. The Kier molecular flexibility index (Phi) is 9.74. The summed E-state index contributed by atoms with van der Waals surface area (Å²) in [5, 5.41) is 0. The first-order valence-electron chi connectivity index (χ1n) is 4.23. The Morgan fingerprint density at radius 3 is 1.08 bits per heavy atom. The predicted octanol–water partition coefficient (Wildman–Crippen LogP) is 3.76. The molecule has 0 amide bonds. The Labute approximate surface area is 95.9 Å². The minimum atomic E-state index is 0. The molecule has 0 N–H and O–H groups in total. The van der Waals surface area contributed by atoms with Crippen molar-refractivity contribution in [2.24, 2.45) is 17.8 Å². The van der Waals surface area contributed by atoms with E-state index in [-0.39, 0.29) is 32.2 Å². The summed E-state index contributed by atoms with van der Waals surface area (Å²) in [6.45, 7) is 11.6. The molecule has 0 aromatic heterocycles. The Bertz CT molecular complexity index is 152. The fourth-order valence-electron chi connectivity index (χ4n) is 1.94. The second-order valence-corrected chi connectivity index (χ2v) is 3.80. The Balaban J connectivity index is -0.000000333. The van der Waals surface area contributed by atoms with Gasteiger partial charge in [-0.1, -0.05) is 31.9 Å². The van der Waals surface area contributed by atoms with Crippen LogP contribution in [-0.4, -0.2) is 17.4 Å². The van der Waals surface area contributed by atoms with Gasteiger partial charge in [0.2, 0.25) is 0 Å². The molecule has 0 spiro atoms. The van der Waals surface area contributed by atoms with Crippen LogP contribution in [0.3, 0.4) is 0 Å². The molecule has 0 fully saturated rings. The summed E-state index contributed by atoms with van der Waals surface area (Å²) in [5.74, 6) is 2.49. The Morgan fingerprint density at radius 2 is 1.00 bits per heavy atom. The van der Waals surface area contributed by atoms with Crippen LogP contribution in [0.5, 0.6) is 0 Å². The van der Waals surface area contributed by atoms with Gasteiger partial charge in [0, 0.05) is 0 Å². The summed E-state index contributed by atoms with van der Waals surface area (Å²) in [6, 6.07) is 0. The van der Waals surface area contributed by atoms with Crippen molar-refractivity contribution in [3.8, 4) is 0 Å². The van der Waals surface area contributed by atoms with Crippen molar-refractivity contribution in [3.05, 3.63) is 26.0 Å². The van der Waals surface area contributed by atoms with E-state index in [1.807, 2.05) is 0 Å². The van der Waals surface area contributed by atoms with Gasteiger partial charge in [-0.05, 0) is 31.6 Å². The van der Waals surface area contributed by atoms with Crippen molar-refractivity contribution < 1.29 is 0 Å². The van der Waals surface area contributed by atoms with E-state index >= 15 is 0 Å². The van der Waals surface area contributed by atoms with Crippen LogP contribution in [0.1, 0.15) is 34.6 Å². The van der Waals surface area contributed by atoms with Gasteiger partial charge < -0.3 is 14.9 Å². The molecule has 2 atom stereocenters. The number of hydrogen-bond acceptors (Lipinski definition) is 0. The van der Waals surface area contributed by atoms with Crippen molar-refractivity contribution in [2.45, 2.75) is 34.6 Å². The standard InChI is InChI=1S/C10H18.2CH3.Al/c1-6-7(2)9(4)10(5)8(6)3;;;/h6-8H,1-5H3;2*1H3;/q;2*-1;+3. The van der Waals surface area contributed by atoms with E-state index in [0.29, 0.717) is 0 Å². The third-order valence-electron chi connectivity index (χ3n) is 3.57. The molecule has 0 aromatic rings. The number of rotatable bonds is 0. The predicted molar refractivity (Wildman–Crippen MR) is 64.4 cm³/mol. The summed E-state index contributed by atoms with van der Waals surface area (Å²) < 4.78 is 0. The van der Waals surface area contributed by atoms with E-state index in [4.69, 9.17) is 0 Å². The van der Waals surface area contributed by atoms with Gasteiger partial charge in [-0.15, -0.1) is 0 Å². The van der Waals surface area contributed by atoms with Crippen molar-refractivity contribution in [3.63, 3.8) is 0 Å². The molecule has 1 heteroatoms. The molecule has 0 heterocycles. The van der Waals surface area contributed by atoms with E-state index in [9.17, 15) is 0 Å². The molecular formula is C12H24Al+. The molecule has 74 valence electrons. The monoisotopic (exact) mass is 195 g/mol. The molecule has 0 saturated carbocycles. The third-order valence-corrected chi connectivity index (χ3v) is 3.57. The fourth-order valence-corrected chi connectivity index (χ4v) is 1.94. The van der Waals surface area contributed by atoms with E-state index in [2.05, 4.69) is 34.6 Å². The summed E-state index contributed by atoms with van der Waals surface area (Å²) >= 11 is 0. The fraction of sp³-hybridized carbons (Fsp3) is 0.667. The normalized spacial score (nSPS) is 31.6. The van der Waals surface area contributed by atoms with Crippen LogP contribution in [0, 0.1) is 32.6 Å². The average Bonchev–Trinajstić information content (AvgIpc) is 2.07. The van der Waals surface area contributed by atoms with E-state index in [0.717, 1.165) is 17.8 Å². The smallest absolute Gasteiger partial charge is 0.358 e. The van der Waals surface area contributed by atoms with Crippen LogP contribution in [0.25, 0.3) is 0 Å². The minimum Gasteiger partial charge on any atom is -0.358 e. The topological polar surface area (TPSA) is 0 Å². The molecule has 1 aliphatic carbocycles. The van der Waals surface area contributed by atoms with Crippen LogP contribution < -0.4 is 0 Å². The van der Waals surface area contributed by atoms with Gasteiger partial charge in [-0.2, -0.15) is 0 Å². The first kappa shape index (κ1) is 18.9. The summed E-state index contributed by atoms with van der Waals surface area (Å²) in [6.07, 6.45) is 0. The first-order valence-corrected chi connectivity index (χ1v) is 4.23. The maximum absolute atomic E-state index is 2.36. The van der Waals surface area contributed by atoms with E-state index in [1.54, 1.807) is 11.1 Å². The average molecular weight is 195 g/mol. The van der Waals surface area contributed by atoms with Gasteiger partial charge in [-0.25, -0.2) is 0 Å². The largest absolute Gasteiger partial charge is 3.00 e. The van der Waals surface area contributed by atoms with Gasteiger partial charge in [0.05, 0.1) is 0 Å². The quantitative estimate of drug-likeness (QED) is 0.313. The molecule has 0 nitrogen and oxygen atoms in total. The Morgan fingerprint density at radius 1 is 0.769 bits per heavy atom. The molecule has 0 radical (unpaired) electrons. The maximum Gasteiger partial charge on any atom is 3.00 e. The van der Waals surface area contributed by atoms with E-state index in [1.165, 1.54) is 0 Å². The maximum atomic E-state index is 2.36. The van der Waals surface area contributed by atoms with Crippen LogP contribution >= 0.6 is 0 Å². The minimum absolute atomic E-state index is 0. The van der Waals surface area contributed by atoms with Gasteiger partial charge in [-0.3, -0.25) is 0 Å². The van der Waals surface area contributed by atoms with Gasteiger partial charge in [0.1, 0.15) is 0 Å². The zero-order valence-corrected chi connectivity index (χ0v) is 11.5. The molecule has 1 aliphatic rings. The third kappa shape index (κ3) is 3.15. The second kappa shape index (κ2) is 6.69. The molecule has 0 saturated heterocycles. The summed E-state index contributed by atoms with van der Waals surface area (Å²) in [7, 11) is 0. The van der Waals surface area contributed by atoms with Crippen molar-refractivity contribution in [2.75, 3.05) is 0 Å². The van der Waals surface area contributed by atoms with Crippen LogP contribution in [0.4, 0.5) is 0 Å². The van der Waals surface area contributed by atoms with Crippen molar-refractivity contribution >= 4 is 17.4 Å². The van der Waals surface area contributed by atoms with Crippen molar-refractivity contribution in [1.82, 2.24) is 0 Å². The van der Waals surface area contributed by atoms with Gasteiger partial charge in [0.25, 0.3) is 0 Å². The molecule has 1 rings (SSSR count). The van der Waals surface area contributed by atoms with Crippen molar-refractivity contribution in [1.29, 1.82) is 0 Å². The SMILES string of the molecule is CC1=C(C)C(C)C(C)C1C.[Al+3].[CH3-].[CH3-]. The molecule has 0 aromatic carbocycles. The van der Waals surface area contributed by atoms with Crippen LogP contribution in [-0.2, 0) is 0 Å². The number of allylic oxidation sites excluding steroid dienone is 2. The second-order valence-electron chi connectivity index (χ2n) is 3.80. The molecule has 0 aliphatic heterocycles. The zero-order chi connectivity index (χ0) is 7.89. The van der Waals surface area contributed by atoms with Gasteiger partial charge in [0.15, 0.2) is 0 Å². The van der Waals surface area contributed by atoms with E-state index < -0.39 is 0 Å². The molecule has 0 bridgehead atoms. The first-order chi connectivity index (χ1) is 4.55.